The zero-order valence-corrected chi connectivity index (χ0v) is 15.5. The summed E-state index contributed by atoms with van der Waals surface area (Å²) in [6.07, 6.45) is 1.94. The normalized spacial score (nSPS) is 10.8. The highest BCUT2D eigenvalue weighted by molar-refractivity contribution is 9.10. The second-order valence-corrected chi connectivity index (χ2v) is 7.06. The Balaban J connectivity index is 1.58. The van der Waals surface area contributed by atoms with Crippen LogP contribution in [0.5, 0.6) is 5.75 Å². The molecule has 0 aliphatic heterocycles. The predicted octanol–water partition coefficient (Wildman–Crippen LogP) is 4.35. The van der Waals surface area contributed by atoms with E-state index < -0.39 is 0 Å². The molecule has 24 heavy (non-hydrogen) atoms. The highest BCUT2D eigenvalue weighted by Crippen LogP contribution is 2.31. The van der Waals surface area contributed by atoms with E-state index in [4.69, 9.17) is 4.74 Å². The van der Waals surface area contributed by atoms with E-state index in [0.29, 0.717) is 12.3 Å². The number of amides is 1. The largest absolute Gasteiger partial charge is 0.496 e. The minimum absolute atomic E-state index is 0.00440. The van der Waals surface area contributed by atoms with Crippen LogP contribution in [0, 0.1) is 0 Å². The van der Waals surface area contributed by atoms with E-state index in [0.717, 1.165) is 31.6 Å². The van der Waals surface area contributed by atoms with Gasteiger partial charge in [-0.1, -0.05) is 30.3 Å². The van der Waals surface area contributed by atoms with Gasteiger partial charge in [-0.2, -0.15) is 0 Å². The van der Waals surface area contributed by atoms with E-state index in [2.05, 4.69) is 26.2 Å². The summed E-state index contributed by atoms with van der Waals surface area (Å²) in [5.41, 5.74) is 2.02. The van der Waals surface area contributed by atoms with Gasteiger partial charge in [0.25, 0.3) is 0 Å². The highest BCUT2D eigenvalue weighted by atomic mass is 79.9. The van der Waals surface area contributed by atoms with Crippen LogP contribution in [-0.4, -0.2) is 23.8 Å². The summed E-state index contributed by atoms with van der Waals surface area (Å²) < 4.78 is 6.31. The topological polar surface area (TPSA) is 54.1 Å². The van der Waals surface area contributed by atoms with Gasteiger partial charge in [0.05, 0.1) is 18.4 Å². The van der Waals surface area contributed by atoms with Crippen LogP contribution in [-0.2, 0) is 11.3 Å². The summed E-state index contributed by atoms with van der Waals surface area (Å²) in [6.45, 7) is 0.461. The van der Waals surface area contributed by atoms with Crippen LogP contribution in [0.25, 0.3) is 10.9 Å². The van der Waals surface area contributed by atoms with Crippen molar-refractivity contribution < 1.29 is 9.53 Å². The Kier molecular flexibility index (Phi) is 5.48. The molecule has 0 radical (unpaired) electrons. The molecule has 0 aliphatic rings. The molecule has 1 amide bonds. The van der Waals surface area contributed by atoms with Crippen molar-refractivity contribution in [1.29, 1.82) is 0 Å². The Labute approximate surface area is 153 Å². The smallest absolute Gasteiger partial charge is 0.230 e. The standard InChI is InChI=1S/C18H17BrN2O2S/c1-23-15-8-3-2-5-12(15)9-20-17(22)11-24-16-10-21-18-13(16)6-4-7-14(18)19/h2-8,10,21H,9,11H2,1H3,(H,20,22). The first-order valence-corrected chi connectivity index (χ1v) is 9.24. The Hall–Kier alpha value is -1.92. The first-order valence-electron chi connectivity index (χ1n) is 7.46. The van der Waals surface area contributed by atoms with Crippen LogP contribution >= 0.6 is 27.7 Å². The van der Waals surface area contributed by atoms with Gasteiger partial charge in [0.15, 0.2) is 0 Å². The van der Waals surface area contributed by atoms with Gasteiger partial charge >= 0.3 is 0 Å². The molecule has 1 heterocycles. The van der Waals surface area contributed by atoms with Gasteiger partial charge in [-0.3, -0.25) is 4.79 Å². The molecule has 0 aliphatic carbocycles. The molecule has 3 aromatic rings. The van der Waals surface area contributed by atoms with E-state index in [-0.39, 0.29) is 5.91 Å². The lowest BCUT2D eigenvalue weighted by Crippen LogP contribution is -2.24. The number of aromatic amines is 1. The Morgan fingerprint density at radius 3 is 2.92 bits per heavy atom. The minimum atomic E-state index is -0.00440. The van der Waals surface area contributed by atoms with E-state index in [1.54, 1.807) is 7.11 Å². The number of H-pyrrole nitrogens is 1. The summed E-state index contributed by atoms with van der Waals surface area (Å²) in [7, 11) is 1.63. The van der Waals surface area contributed by atoms with Gasteiger partial charge < -0.3 is 15.0 Å². The fourth-order valence-electron chi connectivity index (χ4n) is 2.45. The first-order chi connectivity index (χ1) is 11.7. The number of thioether (sulfide) groups is 1. The third-order valence-corrected chi connectivity index (χ3v) is 5.37. The third-order valence-electron chi connectivity index (χ3n) is 3.65. The van der Waals surface area contributed by atoms with E-state index in [1.165, 1.54) is 11.8 Å². The average molecular weight is 405 g/mol. The van der Waals surface area contributed by atoms with Crippen molar-refractivity contribution in [2.75, 3.05) is 12.9 Å². The maximum absolute atomic E-state index is 12.1. The van der Waals surface area contributed by atoms with Crippen LogP contribution in [0.2, 0.25) is 0 Å². The van der Waals surface area contributed by atoms with Crippen molar-refractivity contribution in [3.63, 3.8) is 0 Å². The number of ether oxygens (including phenoxy) is 1. The van der Waals surface area contributed by atoms with Gasteiger partial charge in [-0.15, -0.1) is 11.8 Å². The SMILES string of the molecule is COc1ccccc1CNC(=O)CSc1c[nH]c2c(Br)cccc12. The monoisotopic (exact) mass is 404 g/mol. The number of halogens is 1. The van der Waals surface area contributed by atoms with Crippen molar-refractivity contribution in [1.82, 2.24) is 10.3 Å². The number of carbonyl (C=O) groups is 1. The molecule has 0 atom stereocenters. The molecule has 0 saturated carbocycles. The number of rotatable bonds is 6. The van der Waals surface area contributed by atoms with Gasteiger partial charge in [-0.25, -0.2) is 0 Å². The highest BCUT2D eigenvalue weighted by Gasteiger charge is 2.10. The van der Waals surface area contributed by atoms with Crippen molar-refractivity contribution in [2.24, 2.45) is 0 Å². The molecule has 0 spiro atoms. The molecule has 0 saturated heterocycles. The van der Waals surface area contributed by atoms with Gasteiger partial charge in [0, 0.05) is 33.1 Å². The average Bonchev–Trinajstić information content (AvgIpc) is 3.03. The minimum Gasteiger partial charge on any atom is -0.496 e. The van der Waals surface area contributed by atoms with Crippen LogP contribution in [0.1, 0.15) is 5.56 Å². The summed E-state index contributed by atoms with van der Waals surface area (Å²) in [4.78, 5) is 16.4. The van der Waals surface area contributed by atoms with Crippen LogP contribution in [0.15, 0.2) is 58.0 Å². The maximum atomic E-state index is 12.1. The van der Waals surface area contributed by atoms with E-state index in [9.17, 15) is 4.79 Å². The van der Waals surface area contributed by atoms with Crippen molar-refractivity contribution >= 4 is 44.5 Å². The number of benzene rings is 2. The lowest BCUT2D eigenvalue weighted by atomic mass is 10.2. The Bertz CT molecular complexity index is 863. The summed E-state index contributed by atoms with van der Waals surface area (Å²) in [5.74, 6) is 1.15. The molecule has 1 aromatic heterocycles. The number of hydrogen-bond acceptors (Lipinski definition) is 3. The Morgan fingerprint density at radius 1 is 1.25 bits per heavy atom. The third kappa shape index (κ3) is 3.76. The summed E-state index contributed by atoms with van der Waals surface area (Å²) in [5, 5.41) is 4.05. The van der Waals surface area contributed by atoms with Crippen molar-refractivity contribution in [2.45, 2.75) is 11.4 Å². The second kappa shape index (κ2) is 7.77. The number of methoxy groups -OCH3 is 1. The quantitative estimate of drug-likeness (QED) is 0.600. The number of nitrogens with one attached hydrogen (secondary N) is 2. The fraction of sp³-hybridized carbons (Fsp3) is 0.167. The van der Waals surface area contributed by atoms with Crippen LogP contribution in [0.4, 0.5) is 0 Å². The van der Waals surface area contributed by atoms with Crippen molar-refractivity contribution in [3.8, 4) is 5.75 Å². The van der Waals surface area contributed by atoms with Crippen molar-refractivity contribution in [3.05, 3.63) is 58.7 Å². The number of para-hydroxylation sites is 2. The lowest BCUT2D eigenvalue weighted by molar-refractivity contribution is -0.118. The maximum Gasteiger partial charge on any atom is 0.230 e. The van der Waals surface area contributed by atoms with Gasteiger partial charge in [0.2, 0.25) is 5.91 Å². The lowest BCUT2D eigenvalue weighted by Gasteiger charge is -2.09. The number of aromatic nitrogens is 1. The molecule has 124 valence electrons. The number of carbonyl (C=O) groups excluding carboxylic acids is 1. The molecular weight excluding hydrogens is 388 g/mol. The molecule has 4 nitrogen and oxygen atoms in total. The molecular formula is C18H17BrN2O2S. The fourth-order valence-corrected chi connectivity index (χ4v) is 3.79. The van der Waals surface area contributed by atoms with Gasteiger partial charge in [-0.05, 0) is 28.1 Å². The van der Waals surface area contributed by atoms with Crippen LogP contribution < -0.4 is 10.1 Å². The summed E-state index contributed by atoms with van der Waals surface area (Å²) in [6, 6.07) is 13.7. The first kappa shape index (κ1) is 16.9. The number of fused-ring (bicyclic) bond motifs is 1. The molecule has 0 bridgehead atoms. The molecule has 2 aromatic carbocycles. The second-order valence-electron chi connectivity index (χ2n) is 5.19. The zero-order valence-electron chi connectivity index (χ0n) is 13.1. The zero-order chi connectivity index (χ0) is 16.9. The molecule has 2 N–H and O–H groups in total. The molecule has 0 unspecified atom stereocenters. The van der Waals surface area contributed by atoms with Crippen LogP contribution in [0.3, 0.4) is 0 Å². The summed E-state index contributed by atoms with van der Waals surface area (Å²) >= 11 is 5.05. The molecule has 3 rings (SSSR count). The van der Waals surface area contributed by atoms with E-state index in [1.807, 2.05) is 48.7 Å². The Morgan fingerprint density at radius 2 is 2.08 bits per heavy atom. The number of hydrogen-bond donors (Lipinski definition) is 2. The molecule has 6 heteroatoms. The molecule has 0 fully saturated rings. The van der Waals surface area contributed by atoms with E-state index >= 15 is 0 Å². The predicted molar refractivity (Wildman–Crippen MR) is 102 cm³/mol. The van der Waals surface area contributed by atoms with Gasteiger partial charge in [0.1, 0.15) is 5.75 Å².